The summed E-state index contributed by atoms with van der Waals surface area (Å²) >= 11 is 0. The number of esters is 1. The number of nitrogens with two attached hydrogens (primary N) is 1. The third kappa shape index (κ3) is 7.30. The molecule has 176 valence electrons. The Morgan fingerprint density at radius 3 is 2.44 bits per heavy atom. The molecule has 3 aromatic rings. The van der Waals surface area contributed by atoms with Gasteiger partial charge in [-0.25, -0.2) is 4.79 Å². The molecule has 10 nitrogen and oxygen atoms in total. The van der Waals surface area contributed by atoms with Crippen LogP contribution in [-0.2, 0) is 20.9 Å². The highest BCUT2D eigenvalue weighted by Gasteiger charge is 2.17. The highest BCUT2D eigenvalue weighted by molar-refractivity contribution is 5.94. The molecule has 0 fully saturated rings. The fraction of sp³-hybridized carbons (Fsp3) is 0.208. The number of nitrogens with one attached hydrogen (secondary N) is 2. The summed E-state index contributed by atoms with van der Waals surface area (Å²) in [5.41, 5.74) is 8.46. The third-order valence-electron chi connectivity index (χ3n) is 4.61. The number of benzene rings is 2. The van der Waals surface area contributed by atoms with Gasteiger partial charge in [-0.05, 0) is 49.8 Å². The number of nitrogens with zero attached hydrogens (tertiary/aromatic N) is 3. The summed E-state index contributed by atoms with van der Waals surface area (Å²) < 4.78 is 10.3. The van der Waals surface area contributed by atoms with E-state index in [4.69, 9.17) is 15.2 Å². The Balaban J connectivity index is 1.51. The van der Waals surface area contributed by atoms with Crippen LogP contribution in [-0.4, -0.2) is 40.0 Å². The van der Waals surface area contributed by atoms with E-state index in [0.717, 1.165) is 22.6 Å². The Morgan fingerprint density at radius 2 is 1.76 bits per heavy atom. The van der Waals surface area contributed by atoms with Gasteiger partial charge in [0.05, 0.1) is 7.11 Å². The first-order valence-electron chi connectivity index (χ1n) is 10.5. The minimum Gasteiger partial charge on any atom is -0.497 e. The molecule has 0 aliphatic carbocycles. The average molecular weight is 463 g/mol. The summed E-state index contributed by atoms with van der Waals surface area (Å²) in [6, 6.07) is 13.9. The van der Waals surface area contributed by atoms with Gasteiger partial charge in [-0.2, -0.15) is 15.0 Å². The maximum atomic E-state index is 12.3. The molecule has 0 saturated heterocycles. The molecule has 0 radical (unpaired) electrons. The van der Waals surface area contributed by atoms with E-state index in [0.29, 0.717) is 0 Å². The Kier molecular flexibility index (Phi) is 8.11. The van der Waals surface area contributed by atoms with Gasteiger partial charge in [-0.3, -0.25) is 4.79 Å². The van der Waals surface area contributed by atoms with Crippen LogP contribution in [0, 0.1) is 6.92 Å². The monoisotopic (exact) mass is 462 g/mol. The summed E-state index contributed by atoms with van der Waals surface area (Å²) in [7, 11) is 1.58. The zero-order valence-corrected chi connectivity index (χ0v) is 19.1. The van der Waals surface area contributed by atoms with E-state index >= 15 is 0 Å². The lowest BCUT2D eigenvalue weighted by Gasteiger charge is -2.12. The largest absolute Gasteiger partial charge is 0.497 e. The molecule has 1 aromatic heterocycles. The molecule has 1 heterocycles. The number of hydrogen-bond donors (Lipinski definition) is 3. The first-order chi connectivity index (χ1) is 16.3. The number of carbonyl (C=O) groups excluding carboxylic acids is 2. The summed E-state index contributed by atoms with van der Waals surface area (Å²) in [4.78, 5) is 36.7. The van der Waals surface area contributed by atoms with Crippen LogP contribution in [0.5, 0.6) is 5.75 Å². The van der Waals surface area contributed by atoms with Crippen molar-refractivity contribution in [2.75, 3.05) is 18.2 Å². The zero-order valence-electron chi connectivity index (χ0n) is 19.1. The van der Waals surface area contributed by atoms with Gasteiger partial charge >= 0.3 is 5.97 Å². The van der Waals surface area contributed by atoms with Crippen molar-refractivity contribution >= 4 is 35.5 Å². The van der Waals surface area contributed by atoms with Crippen molar-refractivity contribution < 1.29 is 19.1 Å². The topological polar surface area (TPSA) is 141 Å². The number of rotatable bonds is 9. The Morgan fingerprint density at radius 1 is 1.06 bits per heavy atom. The number of amides is 1. The minimum absolute atomic E-state index is 0.0133. The van der Waals surface area contributed by atoms with Crippen LogP contribution >= 0.6 is 0 Å². The average Bonchev–Trinajstić information content (AvgIpc) is 2.82. The minimum atomic E-state index is -0.877. The van der Waals surface area contributed by atoms with E-state index in [1.54, 1.807) is 25.3 Å². The van der Waals surface area contributed by atoms with E-state index in [1.165, 1.54) is 13.0 Å². The molecule has 3 rings (SSSR count). The van der Waals surface area contributed by atoms with E-state index in [-0.39, 0.29) is 24.3 Å². The second kappa shape index (κ2) is 11.4. The van der Waals surface area contributed by atoms with Crippen LogP contribution in [0.4, 0.5) is 17.6 Å². The number of anilines is 3. The molecule has 1 amide bonds. The van der Waals surface area contributed by atoms with Crippen molar-refractivity contribution in [2.24, 2.45) is 0 Å². The molecule has 0 unspecified atom stereocenters. The summed E-state index contributed by atoms with van der Waals surface area (Å²) in [6.07, 6.45) is 2.96. The van der Waals surface area contributed by atoms with Gasteiger partial charge in [-0.1, -0.05) is 29.8 Å². The molecule has 1 atom stereocenters. The number of methoxy groups -OCH3 is 1. The molecular weight excluding hydrogens is 436 g/mol. The first-order valence-corrected chi connectivity index (χ1v) is 10.5. The summed E-state index contributed by atoms with van der Waals surface area (Å²) in [5.74, 6) is 0.0323. The molecule has 0 bridgehead atoms. The number of aryl methyl sites for hydroxylation is 1. The standard InChI is InChI=1S/C24H26N6O4/c1-15-4-9-18(10-5-15)27-24-29-20(28-23(25)30-24)14-34-22(32)16(2)26-21(31)13-8-17-6-11-19(33-3)12-7-17/h4-13,16H,14H2,1-3H3,(H,26,31)(H3,25,27,28,29,30)/t16-/m0/s1. The number of nitrogen functional groups attached to an aromatic ring is 1. The lowest BCUT2D eigenvalue weighted by molar-refractivity contribution is -0.148. The van der Waals surface area contributed by atoms with E-state index < -0.39 is 17.9 Å². The molecule has 4 N–H and O–H groups in total. The third-order valence-corrected chi connectivity index (χ3v) is 4.61. The van der Waals surface area contributed by atoms with Crippen molar-refractivity contribution in [1.29, 1.82) is 0 Å². The number of carbonyl (C=O) groups is 2. The Bertz CT molecular complexity index is 1160. The molecule has 2 aromatic carbocycles. The van der Waals surface area contributed by atoms with Crippen LogP contribution in [0.3, 0.4) is 0 Å². The maximum absolute atomic E-state index is 12.3. The van der Waals surface area contributed by atoms with Crippen molar-refractivity contribution in [1.82, 2.24) is 20.3 Å². The molecule has 0 aliphatic heterocycles. The van der Waals surface area contributed by atoms with Gasteiger partial charge in [0.15, 0.2) is 12.4 Å². The maximum Gasteiger partial charge on any atom is 0.328 e. The molecule has 34 heavy (non-hydrogen) atoms. The Labute approximate surface area is 197 Å². The van der Waals surface area contributed by atoms with Crippen molar-refractivity contribution in [3.05, 3.63) is 71.6 Å². The molecular formula is C24H26N6O4. The summed E-state index contributed by atoms with van der Waals surface area (Å²) in [5, 5.41) is 5.58. The second-order valence-electron chi connectivity index (χ2n) is 7.37. The highest BCUT2D eigenvalue weighted by Crippen LogP contribution is 2.15. The van der Waals surface area contributed by atoms with Crippen LogP contribution in [0.25, 0.3) is 6.08 Å². The molecule has 0 aliphatic rings. The molecule has 10 heteroatoms. The Hall–Kier alpha value is -4.47. The van der Waals surface area contributed by atoms with E-state index in [1.807, 2.05) is 43.3 Å². The zero-order chi connectivity index (χ0) is 24.5. The van der Waals surface area contributed by atoms with Crippen LogP contribution in [0.15, 0.2) is 54.6 Å². The quantitative estimate of drug-likeness (QED) is 0.323. The fourth-order valence-corrected chi connectivity index (χ4v) is 2.79. The predicted molar refractivity (Wildman–Crippen MR) is 128 cm³/mol. The molecule has 0 spiro atoms. The first kappa shape index (κ1) is 24.2. The van der Waals surface area contributed by atoms with Crippen LogP contribution in [0.2, 0.25) is 0 Å². The number of ether oxygens (including phenoxy) is 2. The van der Waals surface area contributed by atoms with Gasteiger partial charge in [0.1, 0.15) is 11.8 Å². The van der Waals surface area contributed by atoms with Crippen LogP contribution in [0.1, 0.15) is 23.9 Å². The lowest BCUT2D eigenvalue weighted by atomic mass is 10.2. The van der Waals surface area contributed by atoms with Crippen molar-refractivity contribution in [2.45, 2.75) is 26.5 Å². The van der Waals surface area contributed by atoms with Crippen LogP contribution < -0.4 is 21.1 Å². The van der Waals surface area contributed by atoms with Gasteiger partial charge in [0, 0.05) is 11.8 Å². The van der Waals surface area contributed by atoms with Gasteiger partial charge in [0.2, 0.25) is 17.8 Å². The van der Waals surface area contributed by atoms with Crippen molar-refractivity contribution in [3.63, 3.8) is 0 Å². The summed E-state index contributed by atoms with van der Waals surface area (Å²) in [6.45, 7) is 3.28. The van der Waals surface area contributed by atoms with Gasteiger partial charge < -0.3 is 25.8 Å². The fourth-order valence-electron chi connectivity index (χ4n) is 2.79. The normalized spacial score (nSPS) is 11.6. The smallest absolute Gasteiger partial charge is 0.328 e. The molecule has 0 saturated carbocycles. The predicted octanol–water partition coefficient (Wildman–Crippen LogP) is 2.78. The SMILES string of the molecule is COc1ccc(C=CC(=O)N[C@@H](C)C(=O)OCc2nc(N)nc(Nc3ccc(C)cc3)n2)cc1. The number of aromatic nitrogens is 3. The lowest BCUT2D eigenvalue weighted by Crippen LogP contribution is -2.38. The van der Waals surface area contributed by atoms with E-state index in [2.05, 4.69) is 25.6 Å². The van der Waals surface area contributed by atoms with Gasteiger partial charge in [0.25, 0.3) is 0 Å². The van der Waals surface area contributed by atoms with Gasteiger partial charge in [-0.15, -0.1) is 0 Å². The van der Waals surface area contributed by atoms with Crippen molar-refractivity contribution in [3.8, 4) is 5.75 Å². The van der Waals surface area contributed by atoms with E-state index in [9.17, 15) is 9.59 Å². The highest BCUT2D eigenvalue weighted by atomic mass is 16.5. The second-order valence-corrected chi connectivity index (χ2v) is 7.37. The number of hydrogen-bond acceptors (Lipinski definition) is 9.